The molecule has 1 atom stereocenters. The lowest BCUT2D eigenvalue weighted by Gasteiger charge is -2.15. The van der Waals surface area contributed by atoms with Crippen LogP contribution in [0.3, 0.4) is 0 Å². The summed E-state index contributed by atoms with van der Waals surface area (Å²) in [5, 5.41) is 3.04. The fraction of sp³-hybridized carbons (Fsp3) is 0.364. The molecule has 1 N–H and O–H groups in total. The first-order chi connectivity index (χ1) is 13.0. The number of ether oxygens (including phenoxy) is 2. The highest BCUT2D eigenvalue weighted by Gasteiger charge is 2.16. The topological polar surface area (TPSA) is 64.6 Å². The van der Waals surface area contributed by atoms with Crippen molar-refractivity contribution in [1.82, 2.24) is 0 Å². The van der Waals surface area contributed by atoms with Gasteiger partial charge in [0.25, 0.3) is 5.91 Å². The second kappa shape index (κ2) is 9.76. The molecule has 0 aliphatic heterocycles. The highest BCUT2D eigenvalue weighted by atomic mass is 16.6. The molecule has 0 aromatic heterocycles. The molecule has 0 bridgehead atoms. The zero-order valence-electron chi connectivity index (χ0n) is 16.4. The molecule has 1 amide bonds. The van der Waals surface area contributed by atoms with Crippen molar-refractivity contribution in [3.63, 3.8) is 0 Å². The maximum absolute atomic E-state index is 12.7. The Labute approximate surface area is 160 Å². The third-order valence-electron chi connectivity index (χ3n) is 4.29. The Bertz CT molecular complexity index is 761. The monoisotopic (exact) mass is 369 g/mol. The Morgan fingerprint density at radius 1 is 0.963 bits per heavy atom. The normalized spacial score (nSPS) is 11.6. The van der Waals surface area contributed by atoms with E-state index in [1.807, 2.05) is 18.2 Å². The van der Waals surface area contributed by atoms with Gasteiger partial charge < -0.3 is 14.8 Å². The van der Waals surface area contributed by atoms with Crippen LogP contribution in [-0.4, -0.2) is 24.6 Å². The van der Waals surface area contributed by atoms with Gasteiger partial charge in [0.1, 0.15) is 5.75 Å². The highest BCUT2D eigenvalue weighted by Crippen LogP contribution is 2.24. The molecule has 5 heteroatoms. The first-order valence-electron chi connectivity index (χ1n) is 9.35. The number of carbonyl (C=O) groups is 2. The highest BCUT2D eigenvalue weighted by molar-refractivity contribution is 6.05. The van der Waals surface area contributed by atoms with Crippen LogP contribution in [-0.2, 0) is 22.4 Å². The predicted octanol–water partition coefficient (Wildman–Crippen LogP) is 4.39. The third-order valence-corrected chi connectivity index (χ3v) is 4.29. The largest absolute Gasteiger partial charge is 0.479 e. The fourth-order valence-electron chi connectivity index (χ4n) is 2.79. The Morgan fingerprint density at radius 3 is 2.07 bits per heavy atom. The summed E-state index contributed by atoms with van der Waals surface area (Å²) in [5.74, 6) is -0.0755. The second-order valence-electron chi connectivity index (χ2n) is 6.15. The van der Waals surface area contributed by atoms with Gasteiger partial charge in [0.15, 0.2) is 6.10 Å². The van der Waals surface area contributed by atoms with Gasteiger partial charge in [-0.1, -0.05) is 32.0 Å². The van der Waals surface area contributed by atoms with E-state index in [4.69, 9.17) is 9.47 Å². The summed E-state index contributed by atoms with van der Waals surface area (Å²) >= 11 is 0. The van der Waals surface area contributed by atoms with Crippen LogP contribution >= 0.6 is 0 Å². The number of rotatable bonds is 8. The molecule has 144 valence electrons. The Kier molecular flexibility index (Phi) is 7.41. The molecule has 2 aromatic carbocycles. The first-order valence-corrected chi connectivity index (χ1v) is 9.35. The number of aryl methyl sites for hydroxylation is 2. The molecule has 0 aliphatic rings. The summed E-state index contributed by atoms with van der Waals surface area (Å²) in [4.78, 5) is 24.3. The molecular weight excluding hydrogens is 342 g/mol. The molecule has 0 radical (unpaired) electrons. The predicted molar refractivity (Wildman–Crippen MR) is 106 cm³/mol. The van der Waals surface area contributed by atoms with Crippen molar-refractivity contribution in [3.05, 3.63) is 59.2 Å². The first kappa shape index (κ1) is 20.5. The van der Waals surface area contributed by atoms with Crippen molar-refractivity contribution in [1.29, 1.82) is 0 Å². The molecule has 0 saturated heterocycles. The molecule has 2 aromatic rings. The lowest BCUT2D eigenvalue weighted by molar-refractivity contribution is -0.150. The number of hydrogen-bond acceptors (Lipinski definition) is 4. The zero-order chi connectivity index (χ0) is 19.8. The summed E-state index contributed by atoms with van der Waals surface area (Å²) in [6.45, 7) is 7.83. The van der Waals surface area contributed by atoms with Crippen LogP contribution in [0.25, 0.3) is 0 Å². The molecule has 2 rings (SSSR count). The number of nitrogens with one attached hydrogen (secondary N) is 1. The maximum Gasteiger partial charge on any atom is 0.347 e. The van der Waals surface area contributed by atoms with Crippen molar-refractivity contribution in [2.45, 2.75) is 46.6 Å². The standard InChI is InChI=1S/C22H27NO4/c1-5-16-9-8-10-17(6-2)20(16)23-21(24)18-11-13-19(14-12-18)27-15(4)22(25)26-7-3/h8-15H,5-7H2,1-4H3,(H,23,24). The molecule has 5 nitrogen and oxygen atoms in total. The van der Waals surface area contributed by atoms with Gasteiger partial charge in [-0.3, -0.25) is 4.79 Å². The summed E-state index contributed by atoms with van der Waals surface area (Å²) in [5.41, 5.74) is 3.65. The van der Waals surface area contributed by atoms with Gasteiger partial charge in [-0.15, -0.1) is 0 Å². The van der Waals surface area contributed by atoms with E-state index in [1.165, 1.54) is 0 Å². The zero-order valence-corrected chi connectivity index (χ0v) is 16.4. The van der Waals surface area contributed by atoms with E-state index in [0.717, 1.165) is 29.7 Å². The summed E-state index contributed by atoms with van der Waals surface area (Å²) in [6, 6.07) is 12.8. The number of anilines is 1. The van der Waals surface area contributed by atoms with E-state index < -0.39 is 12.1 Å². The minimum Gasteiger partial charge on any atom is -0.479 e. The molecule has 0 fully saturated rings. The van der Waals surface area contributed by atoms with Crippen LogP contribution in [0.15, 0.2) is 42.5 Å². The van der Waals surface area contributed by atoms with E-state index in [0.29, 0.717) is 17.9 Å². The van der Waals surface area contributed by atoms with Gasteiger partial charge in [-0.25, -0.2) is 4.79 Å². The van der Waals surface area contributed by atoms with Gasteiger partial charge in [-0.05, 0) is 62.1 Å². The SMILES string of the molecule is CCOC(=O)C(C)Oc1ccc(C(=O)Nc2c(CC)cccc2CC)cc1. The Morgan fingerprint density at radius 2 is 1.56 bits per heavy atom. The molecular formula is C22H27NO4. The average Bonchev–Trinajstić information content (AvgIpc) is 2.68. The van der Waals surface area contributed by atoms with E-state index in [9.17, 15) is 9.59 Å². The van der Waals surface area contributed by atoms with Gasteiger partial charge in [0.05, 0.1) is 6.61 Å². The van der Waals surface area contributed by atoms with Gasteiger partial charge in [-0.2, -0.15) is 0 Å². The molecule has 0 saturated carbocycles. The maximum atomic E-state index is 12.7. The number of esters is 1. The minimum absolute atomic E-state index is 0.171. The molecule has 0 heterocycles. The van der Waals surface area contributed by atoms with E-state index in [1.54, 1.807) is 38.1 Å². The fourth-order valence-corrected chi connectivity index (χ4v) is 2.79. The Hall–Kier alpha value is -2.82. The van der Waals surface area contributed by atoms with Gasteiger partial charge in [0, 0.05) is 11.3 Å². The van der Waals surface area contributed by atoms with E-state index in [2.05, 4.69) is 19.2 Å². The minimum atomic E-state index is -0.701. The van der Waals surface area contributed by atoms with E-state index >= 15 is 0 Å². The molecule has 0 spiro atoms. The summed E-state index contributed by atoms with van der Waals surface area (Å²) < 4.78 is 10.5. The third kappa shape index (κ3) is 5.33. The van der Waals surface area contributed by atoms with Gasteiger partial charge in [0.2, 0.25) is 0 Å². The number of hydrogen-bond donors (Lipinski definition) is 1. The number of para-hydroxylation sites is 1. The number of carbonyl (C=O) groups excluding carboxylic acids is 2. The quantitative estimate of drug-likeness (QED) is 0.701. The molecule has 0 aliphatic carbocycles. The molecule has 1 unspecified atom stereocenters. The van der Waals surface area contributed by atoms with Crippen molar-refractivity contribution in [2.24, 2.45) is 0 Å². The van der Waals surface area contributed by atoms with Crippen LogP contribution in [0.4, 0.5) is 5.69 Å². The molecule has 27 heavy (non-hydrogen) atoms. The second-order valence-corrected chi connectivity index (χ2v) is 6.15. The number of amides is 1. The summed E-state index contributed by atoms with van der Waals surface area (Å²) in [6.07, 6.45) is 0.998. The number of benzene rings is 2. The van der Waals surface area contributed by atoms with Crippen LogP contribution in [0.1, 0.15) is 49.2 Å². The van der Waals surface area contributed by atoms with Crippen LogP contribution in [0, 0.1) is 0 Å². The van der Waals surface area contributed by atoms with E-state index in [-0.39, 0.29) is 5.91 Å². The Balaban J connectivity index is 2.09. The lowest BCUT2D eigenvalue weighted by atomic mass is 10.0. The van der Waals surface area contributed by atoms with Crippen molar-refractivity contribution in [3.8, 4) is 5.75 Å². The lowest BCUT2D eigenvalue weighted by Crippen LogP contribution is -2.26. The smallest absolute Gasteiger partial charge is 0.347 e. The average molecular weight is 369 g/mol. The van der Waals surface area contributed by atoms with Crippen molar-refractivity contribution in [2.75, 3.05) is 11.9 Å². The van der Waals surface area contributed by atoms with Crippen LogP contribution in [0.2, 0.25) is 0 Å². The van der Waals surface area contributed by atoms with Gasteiger partial charge >= 0.3 is 5.97 Å². The van der Waals surface area contributed by atoms with Crippen molar-refractivity contribution < 1.29 is 19.1 Å². The van der Waals surface area contributed by atoms with Crippen molar-refractivity contribution >= 4 is 17.6 Å². The summed E-state index contributed by atoms with van der Waals surface area (Å²) in [7, 11) is 0. The van der Waals surface area contributed by atoms with Crippen LogP contribution in [0.5, 0.6) is 5.75 Å². The van der Waals surface area contributed by atoms with Crippen LogP contribution < -0.4 is 10.1 Å².